The lowest BCUT2D eigenvalue weighted by Crippen LogP contribution is -2.66. The van der Waals surface area contributed by atoms with E-state index in [1.165, 1.54) is 6.92 Å². The van der Waals surface area contributed by atoms with Crippen LogP contribution in [-0.4, -0.2) is 23.6 Å². The molecule has 5 aliphatic rings. The molecule has 4 saturated carbocycles. The number of carbonyl (C=O) groups excluding carboxylic acids is 3. The van der Waals surface area contributed by atoms with E-state index in [1.54, 1.807) is 0 Å². The normalized spacial score (nSPS) is 47.3. The number of carbonyl (C=O) groups is 3. The second-order valence-electron chi connectivity index (χ2n) is 15.5. The maximum atomic E-state index is 14.3. The van der Waals surface area contributed by atoms with Gasteiger partial charge in [0.25, 0.3) is 0 Å². The number of Topliss-reactive ketones (excluding diaryl/α,β-unsaturated/α-hetero) is 2. The molecule has 200 valence electrons. The van der Waals surface area contributed by atoms with Crippen molar-refractivity contribution >= 4 is 17.5 Å². The first-order valence-electron chi connectivity index (χ1n) is 14.4. The number of hydrogen-bond acceptors (Lipinski definition) is 4. The zero-order chi connectivity index (χ0) is 26.7. The van der Waals surface area contributed by atoms with E-state index in [1.807, 2.05) is 0 Å². The van der Waals surface area contributed by atoms with Gasteiger partial charge in [-0.15, -0.1) is 0 Å². The summed E-state index contributed by atoms with van der Waals surface area (Å²) in [5, 5.41) is 0. The van der Waals surface area contributed by atoms with Crippen molar-refractivity contribution < 1.29 is 19.1 Å². The fourth-order valence-corrected chi connectivity index (χ4v) is 10.4. The first-order chi connectivity index (χ1) is 16.4. The van der Waals surface area contributed by atoms with E-state index < -0.39 is 0 Å². The summed E-state index contributed by atoms with van der Waals surface area (Å²) < 4.78 is 5.84. The molecule has 36 heavy (non-hydrogen) atoms. The molecule has 0 aromatic rings. The predicted octanol–water partition coefficient (Wildman–Crippen LogP) is 7.24. The predicted molar refractivity (Wildman–Crippen MR) is 141 cm³/mol. The van der Waals surface area contributed by atoms with E-state index >= 15 is 0 Å². The summed E-state index contributed by atoms with van der Waals surface area (Å²) in [5.41, 5.74) is 0.867. The van der Waals surface area contributed by atoms with Gasteiger partial charge < -0.3 is 4.74 Å². The minimum atomic E-state index is -0.388. The highest BCUT2D eigenvalue weighted by Gasteiger charge is 2.69. The molecule has 4 fully saturated rings. The van der Waals surface area contributed by atoms with Crippen LogP contribution in [0.5, 0.6) is 0 Å². The second kappa shape index (κ2) is 7.56. The maximum Gasteiger partial charge on any atom is 0.302 e. The lowest BCUT2D eigenvalue weighted by molar-refractivity contribution is -0.212. The third kappa shape index (κ3) is 3.14. The standard InChI is InChI=1S/C32H48O4/c1-19(33)36-23-11-12-30(7)21(28(23,4)5)10-13-31(8)22(30)18-20(34)24-25-26(35)27(2,3)14-15-29(25,6)16-17-32(24,31)9/h21-23H,10-18H2,1-9H3/t21-,22+,23-,29+,30-,31+,32+/m0/s1. The van der Waals surface area contributed by atoms with Crippen molar-refractivity contribution in [2.75, 3.05) is 0 Å². The molecular formula is C32H48O4. The van der Waals surface area contributed by atoms with Crippen LogP contribution < -0.4 is 0 Å². The average Bonchev–Trinajstić information content (AvgIpc) is 2.76. The van der Waals surface area contributed by atoms with Gasteiger partial charge in [0, 0.05) is 40.7 Å². The van der Waals surface area contributed by atoms with Gasteiger partial charge in [-0.2, -0.15) is 0 Å². The van der Waals surface area contributed by atoms with Crippen molar-refractivity contribution in [1.29, 1.82) is 0 Å². The molecule has 0 saturated heterocycles. The third-order valence-electron chi connectivity index (χ3n) is 12.9. The Balaban J connectivity index is 1.62. The van der Waals surface area contributed by atoms with Gasteiger partial charge in [0.1, 0.15) is 6.10 Å². The number of rotatable bonds is 1. The zero-order valence-electron chi connectivity index (χ0n) is 24.2. The Morgan fingerprint density at radius 3 is 2.06 bits per heavy atom. The first-order valence-corrected chi connectivity index (χ1v) is 14.4. The van der Waals surface area contributed by atoms with Crippen molar-refractivity contribution in [2.45, 2.75) is 126 Å². The molecule has 0 heterocycles. The molecule has 0 radical (unpaired) electrons. The smallest absolute Gasteiger partial charge is 0.302 e. The highest BCUT2D eigenvalue weighted by atomic mass is 16.5. The fourth-order valence-electron chi connectivity index (χ4n) is 10.4. The molecule has 0 bridgehead atoms. The molecular weight excluding hydrogens is 448 g/mol. The van der Waals surface area contributed by atoms with E-state index in [9.17, 15) is 14.4 Å². The van der Waals surface area contributed by atoms with E-state index in [2.05, 4.69) is 55.4 Å². The molecule has 4 nitrogen and oxygen atoms in total. The van der Waals surface area contributed by atoms with Crippen molar-refractivity contribution in [2.24, 2.45) is 44.3 Å². The monoisotopic (exact) mass is 496 g/mol. The Hall–Kier alpha value is -1.45. The molecule has 7 atom stereocenters. The van der Waals surface area contributed by atoms with Gasteiger partial charge in [-0.1, -0.05) is 55.4 Å². The van der Waals surface area contributed by atoms with Crippen LogP contribution in [-0.2, 0) is 19.1 Å². The number of esters is 1. The molecule has 0 aromatic carbocycles. The second-order valence-corrected chi connectivity index (χ2v) is 15.5. The summed E-state index contributed by atoms with van der Waals surface area (Å²) in [6, 6.07) is 0. The minimum absolute atomic E-state index is 0.0125. The first kappa shape index (κ1) is 26.2. The summed E-state index contributed by atoms with van der Waals surface area (Å²) in [7, 11) is 0. The van der Waals surface area contributed by atoms with Crippen LogP contribution in [0.3, 0.4) is 0 Å². The van der Waals surface area contributed by atoms with E-state index in [0.717, 1.165) is 62.5 Å². The molecule has 5 aliphatic carbocycles. The summed E-state index contributed by atoms with van der Waals surface area (Å²) in [5.74, 6) is 0.957. The molecule has 0 spiro atoms. The lowest BCUT2D eigenvalue weighted by atomic mass is 9.34. The number of ketones is 2. The Kier molecular flexibility index (Phi) is 5.50. The van der Waals surface area contributed by atoms with Crippen molar-refractivity contribution in [3.05, 3.63) is 11.1 Å². The van der Waals surface area contributed by atoms with Crippen LogP contribution in [0.25, 0.3) is 0 Å². The van der Waals surface area contributed by atoms with Gasteiger partial charge >= 0.3 is 5.97 Å². The Morgan fingerprint density at radius 2 is 1.42 bits per heavy atom. The summed E-state index contributed by atoms with van der Waals surface area (Å²) in [4.78, 5) is 40.1. The van der Waals surface area contributed by atoms with Gasteiger partial charge in [-0.25, -0.2) is 0 Å². The van der Waals surface area contributed by atoms with Crippen molar-refractivity contribution in [3.8, 4) is 0 Å². The maximum absolute atomic E-state index is 14.3. The molecule has 4 heteroatoms. The van der Waals surface area contributed by atoms with Crippen LogP contribution in [0, 0.1) is 44.3 Å². The SMILES string of the molecule is CC(=O)O[C@H]1CC[C@]2(C)[C@H]3CC(=O)C4=C5C(=O)C(C)(C)CC[C@]5(C)CC[C@@]4(C)[C@]3(C)CC[C@H]2C1(C)C. The summed E-state index contributed by atoms with van der Waals surface area (Å²) >= 11 is 0. The van der Waals surface area contributed by atoms with E-state index in [0.29, 0.717) is 12.3 Å². The van der Waals surface area contributed by atoms with Crippen LogP contribution in [0.15, 0.2) is 11.1 Å². The largest absolute Gasteiger partial charge is 0.462 e. The van der Waals surface area contributed by atoms with Gasteiger partial charge in [-0.05, 0) is 79.4 Å². The highest BCUT2D eigenvalue weighted by Crippen LogP contribution is 2.74. The highest BCUT2D eigenvalue weighted by molar-refractivity contribution is 6.11. The number of fused-ring (bicyclic) bond motifs is 6. The Bertz CT molecular complexity index is 1060. The molecule has 5 rings (SSSR count). The zero-order valence-corrected chi connectivity index (χ0v) is 24.2. The molecule has 0 amide bonds. The third-order valence-corrected chi connectivity index (χ3v) is 12.9. The average molecular weight is 497 g/mol. The Morgan fingerprint density at radius 1 is 0.778 bits per heavy atom. The Labute approximate surface area is 218 Å². The van der Waals surface area contributed by atoms with Gasteiger partial charge in [0.15, 0.2) is 11.6 Å². The molecule has 0 aliphatic heterocycles. The molecule has 0 N–H and O–H groups in total. The van der Waals surface area contributed by atoms with Crippen LogP contribution >= 0.6 is 0 Å². The van der Waals surface area contributed by atoms with Crippen molar-refractivity contribution in [1.82, 2.24) is 0 Å². The lowest BCUT2D eigenvalue weighted by Gasteiger charge is -2.70. The number of hydrogen-bond donors (Lipinski definition) is 0. The molecule has 0 unspecified atom stereocenters. The van der Waals surface area contributed by atoms with Gasteiger partial charge in [-0.3, -0.25) is 14.4 Å². The van der Waals surface area contributed by atoms with Gasteiger partial charge in [0.05, 0.1) is 0 Å². The minimum Gasteiger partial charge on any atom is -0.462 e. The number of allylic oxidation sites excluding steroid dienone is 2. The van der Waals surface area contributed by atoms with E-state index in [-0.39, 0.29) is 62.0 Å². The molecule has 0 aromatic heterocycles. The summed E-state index contributed by atoms with van der Waals surface area (Å²) in [6.07, 6.45) is 8.36. The topological polar surface area (TPSA) is 60.4 Å². The quantitative estimate of drug-likeness (QED) is 0.359. The number of ether oxygens (including phenoxy) is 1. The fraction of sp³-hybridized carbons (Fsp3) is 0.844. The van der Waals surface area contributed by atoms with Crippen molar-refractivity contribution in [3.63, 3.8) is 0 Å². The van der Waals surface area contributed by atoms with Crippen LogP contribution in [0.1, 0.15) is 120 Å². The summed E-state index contributed by atoms with van der Waals surface area (Å²) in [6.45, 7) is 19.7. The van der Waals surface area contributed by atoms with Gasteiger partial charge in [0.2, 0.25) is 0 Å². The van der Waals surface area contributed by atoms with E-state index in [4.69, 9.17) is 4.74 Å². The van der Waals surface area contributed by atoms with Crippen LogP contribution in [0.4, 0.5) is 0 Å². The van der Waals surface area contributed by atoms with Crippen LogP contribution in [0.2, 0.25) is 0 Å².